The molecule has 114 valence electrons. The molecular weight excluding hydrogens is 282 g/mol. The molecular formula is C16H23N3OS. The first-order valence-electron chi connectivity index (χ1n) is 7.28. The zero-order valence-corrected chi connectivity index (χ0v) is 13.5. The van der Waals surface area contributed by atoms with Crippen molar-refractivity contribution in [1.29, 1.82) is 0 Å². The van der Waals surface area contributed by atoms with E-state index in [1.807, 2.05) is 24.3 Å². The van der Waals surface area contributed by atoms with E-state index in [0.29, 0.717) is 22.8 Å². The summed E-state index contributed by atoms with van der Waals surface area (Å²) >= 11 is 5.01. The van der Waals surface area contributed by atoms with Gasteiger partial charge in [-0.1, -0.05) is 38.2 Å². The number of nitrogens with two attached hydrogens (primary N) is 1. The van der Waals surface area contributed by atoms with Crippen LogP contribution in [0, 0.1) is 5.41 Å². The number of carbonyl (C=O) groups is 1. The van der Waals surface area contributed by atoms with Gasteiger partial charge in [-0.15, -0.1) is 0 Å². The van der Waals surface area contributed by atoms with E-state index in [1.165, 1.54) is 6.42 Å². The molecule has 21 heavy (non-hydrogen) atoms. The van der Waals surface area contributed by atoms with Gasteiger partial charge < -0.3 is 11.1 Å². The Bertz CT molecular complexity index is 542. The van der Waals surface area contributed by atoms with Crippen LogP contribution < -0.4 is 11.1 Å². The molecule has 1 fully saturated rings. The second-order valence-corrected chi connectivity index (χ2v) is 6.88. The Hall–Kier alpha value is -1.46. The third kappa shape index (κ3) is 4.51. The maximum absolute atomic E-state index is 12.2. The van der Waals surface area contributed by atoms with Crippen LogP contribution in [0.5, 0.6) is 0 Å². The number of para-hydroxylation sites is 1. The van der Waals surface area contributed by atoms with Crippen LogP contribution in [-0.4, -0.2) is 35.4 Å². The van der Waals surface area contributed by atoms with Crippen LogP contribution >= 0.6 is 12.2 Å². The number of likely N-dealkylation sites (tertiary alicyclic amines) is 1. The van der Waals surface area contributed by atoms with Gasteiger partial charge in [0.2, 0.25) is 5.91 Å². The molecule has 1 saturated heterocycles. The van der Waals surface area contributed by atoms with E-state index < -0.39 is 0 Å². The van der Waals surface area contributed by atoms with Gasteiger partial charge in [0.25, 0.3) is 0 Å². The van der Waals surface area contributed by atoms with Crippen molar-refractivity contribution in [3.63, 3.8) is 0 Å². The minimum absolute atomic E-state index is 0.0172. The average molecular weight is 305 g/mol. The van der Waals surface area contributed by atoms with Crippen molar-refractivity contribution in [1.82, 2.24) is 4.90 Å². The Kier molecular flexibility index (Phi) is 4.96. The Labute approximate surface area is 131 Å². The van der Waals surface area contributed by atoms with Gasteiger partial charge in [0, 0.05) is 12.1 Å². The Morgan fingerprint density at radius 3 is 2.81 bits per heavy atom. The van der Waals surface area contributed by atoms with Gasteiger partial charge in [0.15, 0.2) is 0 Å². The van der Waals surface area contributed by atoms with Gasteiger partial charge in [0.05, 0.1) is 12.2 Å². The SMILES string of the molecule is CC1(C)CCCN(CC(=O)Nc2ccccc2C(N)=S)C1. The van der Waals surface area contributed by atoms with Crippen molar-refractivity contribution in [3.05, 3.63) is 29.8 Å². The molecule has 2 rings (SSSR count). The number of piperidine rings is 1. The first-order valence-corrected chi connectivity index (χ1v) is 7.69. The number of nitrogens with zero attached hydrogens (tertiary/aromatic N) is 1. The Balaban J connectivity index is 1.98. The highest BCUT2D eigenvalue weighted by molar-refractivity contribution is 7.80. The molecule has 0 spiro atoms. The van der Waals surface area contributed by atoms with Crippen LogP contribution in [0.2, 0.25) is 0 Å². The minimum Gasteiger partial charge on any atom is -0.389 e. The zero-order chi connectivity index (χ0) is 15.5. The molecule has 1 aromatic carbocycles. The number of hydrogen-bond acceptors (Lipinski definition) is 3. The molecule has 1 amide bonds. The largest absolute Gasteiger partial charge is 0.389 e. The summed E-state index contributed by atoms with van der Waals surface area (Å²) in [6, 6.07) is 7.37. The van der Waals surface area contributed by atoms with Crippen LogP contribution in [0.3, 0.4) is 0 Å². The molecule has 1 aromatic rings. The fourth-order valence-corrected chi connectivity index (χ4v) is 3.06. The fraction of sp³-hybridized carbons (Fsp3) is 0.500. The van der Waals surface area contributed by atoms with Gasteiger partial charge in [-0.25, -0.2) is 0 Å². The van der Waals surface area contributed by atoms with Crippen molar-refractivity contribution >= 4 is 28.8 Å². The quantitative estimate of drug-likeness (QED) is 0.839. The van der Waals surface area contributed by atoms with Crippen molar-refractivity contribution < 1.29 is 4.79 Å². The molecule has 5 heteroatoms. The summed E-state index contributed by atoms with van der Waals surface area (Å²) in [6.07, 6.45) is 2.36. The second-order valence-electron chi connectivity index (χ2n) is 6.44. The predicted octanol–water partition coefficient (Wildman–Crippen LogP) is 2.38. The molecule has 0 aliphatic carbocycles. The minimum atomic E-state index is -0.0172. The van der Waals surface area contributed by atoms with E-state index in [2.05, 4.69) is 24.1 Å². The number of nitrogens with one attached hydrogen (secondary N) is 1. The number of anilines is 1. The Morgan fingerprint density at radius 2 is 2.14 bits per heavy atom. The molecule has 0 saturated carbocycles. The van der Waals surface area contributed by atoms with Crippen molar-refractivity contribution in [2.75, 3.05) is 25.0 Å². The molecule has 1 aliphatic heterocycles. The lowest BCUT2D eigenvalue weighted by atomic mass is 9.84. The average Bonchev–Trinajstić information content (AvgIpc) is 2.37. The molecule has 0 radical (unpaired) electrons. The molecule has 0 atom stereocenters. The maximum Gasteiger partial charge on any atom is 0.238 e. The third-order valence-electron chi connectivity index (χ3n) is 3.81. The molecule has 1 aliphatic rings. The molecule has 0 bridgehead atoms. The van der Waals surface area contributed by atoms with E-state index in [4.69, 9.17) is 18.0 Å². The number of carbonyl (C=O) groups excluding carboxylic acids is 1. The normalized spacial score (nSPS) is 18.2. The van der Waals surface area contributed by atoms with Crippen LogP contribution in [0.4, 0.5) is 5.69 Å². The highest BCUT2D eigenvalue weighted by Gasteiger charge is 2.27. The molecule has 0 aromatic heterocycles. The van der Waals surface area contributed by atoms with Crippen LogP contribution in [0.15, 0.2) is 24.3 Å². The highest BCUT2D eigenvalue weighted by Crippen LogP contribution is 2.28. The molecule has 3 N–H and O–H groups in total. The number of benzene rings is 1. The number of hydrogen-bond donors (Lipinski definition) is 2. The first kappa shape index (κ1) is 15.9. The summed E-state index contributed by atoms with van der Waals surface area (Å²) < 4.78 is 0. The lowest BCUT2D eigenvalue weighted by Crippen LogP contribution is -2.43. The number of rotatable bonds is 4. The van der Waals surface area contributed by atoms with Gasteiger partial charge in [-0.2, -0.15) is 0 Å². The van der Waals surface area contributed by atoms with E-state index in [-0.39, 0.29) is 11.3 Å². The lowest BCUT2D eigenvalue weighted by molar-refractivity contribution is -0.118. The van der Waals surface area contributed by atoms with Gasteiger partial charge >= 0.3 is 0 Å². The summed E-state index contributed by atoms with van der Waals surface area (Å²) in [6.45, 7) is 6.85. The smallest absolute Gasteiger partial charge is 0.238 e. The second kappa shape index (κ2) is 6.54. The van der Waals surface area contributed by atoms with E-state index in [0.717, 1.165) is 19.5 Å². The Morgan fingerprint density at radius 1 is 1.43 bits per heavy atom. The van der Waals surface area contributed by atoms with Gasteiger partial charge in [0.1, 0.15) is 4.99 Å². The van der Waals surface area contributed by atoms with E-state index in [1.54, 1.807) is 0 Å². The van der Waals surface area contributed by atoms with Crippen LogP contribution in [0.25, 0.3) is 0 Å². The number of thiocarbonyl (C=S) groups is 1. The summed E-state index contributed by atoms with van der Waals surface area (Å²) in [5, 5.41) is 2.92. The summed E-state index contributed by atoms with van der Waals surface area (Å²) in [5.74, 6) is -0.0172. The fourth-order valence-electron chi connectivity index (χ4n) is 2.88. The van der Waals surface area contributed by atoms with Crippen LogP contribution in [0.1, 0.15) is 32.3 Å². The van der Waals surface area contributed by atoms with Crippen LogP contribution in [-0.2, 0) is 4.79 Å². The van der Waals surface area contributed by atoms with Crippen molar-refractivity contribution in [2.45, 2.75) is 26.7 Å². The van der Waals surface area contributed by atoms with Gasteiger partial charge in [-0.3, -0.25) is 9.69 Å². The van der Waals surface area contributed by atoms with E-state index in [9.17, 15) is 4.79 Å². The standard InChI is InChI=1S/C16H23N3OS/c1-16(2)8-5-9-19(11-16)10-14(20)18-13-7-4-3-6-12(13)15(17)21/h3-4,6-7H,5,8-11H2,1-2H3,(H2,17,21)(H,18,20). The summed E-state index contributed by atoms with van der Waals surface area (Å²) in [7, 11) is 0. The number of amides is 1. The summed E-state index contributed by atoms with van der Waals surface area (Å²) in [4.78, 5) is 14.7. The lowest BCUT2D eigenvalue weighted by Gasteiger charge is -2.37. The first-order chi connectivity index (χ1) is 9.87. The molecule has 0 unspecified atom stereocenters. The predicted molar refractivity (Wildman–Crippen MR) is 90.4 cm³/mol. The van der Waals surface area contributed by atoms with Crippen molar-refractivity contribution in [2.24, 2.45) is 11.1 Å². The topological polar surface area (TPSA) is 58.4 Å². The zero-order valence-electron chi connectivity index (χ0n) is 12.7. The maximum atomic E-state index is 12.2. The molecule has 4 nitrogen and oxygen atoms in total. The highest BCUT2D eigenvalue weighted by atomic mass is 32.1. The summed E-state index contributed by atoms with van der Waals surface area (Å²) in [5.41, 5.74) is 7.36. The van der Waals surface area contributed by atoms with E-state index >= 15 is 0 Å². The van der Waals surface area contributed by atoms with Gasteiger partial charge in [-0.05, 0) is 36.9 Å². The monoisotopic (exact) mass is 305 g/mol. The van der Waals surface area contributed by atoms with Crippen molar-refractivity contribution in [3.8, 4) is 0 Å². The third-order valence-corrected chi connectivity index (χ3v) is 4.03. The molecule has 1 heterocycles.